The molecule has 0 aliphatic rings. The molecule has 1 aromatic rings. The van der Waals surface area contributed by atoms with E-state index in [2.05, 4.69) is 5.32 Å². The zero-order valence-corrected chi connectivity index (χ0v) is 11.7. The Balaban J connectivity index is 0.00000256. The third kappa shape index (κ3) is 5.44. The van der Waals surface area contributed by atoms with E-state index in [1.807, 2.05) is 37.4 Å². The fraction of sp³-hybridized carbons (Fsp3) is 0.417. The number of hydrogen-bond donors (Lipinski definition) is 2. The van der Waals surface area contributed by atoms with Gasteiger partial charge in [0.1, 0.15) is 0 Å². The summed E-state index contributed by atoms with van der Waals surface area (Å²) in [6, 6.07) is 7.33. The molecule has 96 valence electrons. The summed E-state index contributed by atoms with van der Waals surface area (Å²) in [6.07, 6.45) is 3.64. The first kappa shape index (κ1) is 16.3. The lowest BCUT2D eigenvalue weighted by Crippen LogP contribution is -2.35. The Kier molecular flexibility index (Phi) is 8.04. The lowest BCUT2D eigenvalue weighted by atomic mass is 10.1. The van der Waals surface area contributed by atoms with Crippen molar-refractivity contribution in [1.29, 1.82) is 0 Å². The fourth-order valence-electron chi connectivity index (χ4n) is 1.38. The number of nitrogens with two attached hydrogens (primary N) is 1. The molecule has 0 spiro atoms. The van der Waals surface area contributed by atoms with E-state index in [1.54, 1.807) is 11.8 Å². The fourth-order valence-corrected chi connectivity index (χ4v) is 1.84. The van der Waals surface area contributed by atoms with Crippen LogP contribution in [0.25, 0.3) is 0 Å². The van der Waals surface area contributed by atoms with E-state index >= 15 is 0 Å². The predicted molar refractivity (Wildman–Crippen MR) is 77.0 cm³/mol. The normalized spacial score (nSPS) is 11.5. The van der Waals surface area contributed by atoms with Crippen LogP contribution < -0.4 is 11.1 Å². The maximum absolute atomic E-state index is 11.7. The molecule has 3 nitrogen and oxygen atoms in total. The summed E-state index contributed by atoms with van der Waals surface area (Å²) < 4.78 is 0. The van der Waals surface area contributed by atoms with Crippen LogP contribution in [-0.2, 0) is 4.79 Å². The monoisotopic (exact) mass is 274 g/mol. The second kappa shape index (κ2) is 8.39. The zero-order valence-electron chi connectivity index (χ0n) is 10.1. The van der Waals surface area contributed by atoms with Crippen LogP contribution in [0.15, 0.2) is 29.2 Å². The van der Waals surface area contributed by atoms with Crippen LogP contribution in [0, 0.1) is 0 Å². The van der Waals surface area contributed by atoms with Crippen molar-refractivity contribution in [2.24, 2.45) is 5.73 Å². The molecule has 3 N–H and O–H groups in total. The number of benzene rings is 1. The van der Waals surface area contributed by atoms with Gasteiger partial charge in [-0.2, -0.15) is 0 Å². The first-order valence-corrected chi connectivity index (χ1v) is 6.60. The molecular weight excluding hydrogens is 256 g/mol. The molecule has 0 aliphatic heterocycles. The predicted octanol–water partition coefficient (Wildman–Crippen LogP) is 2.90. The highest BCUT2D eigenvalue weighted by Gasteiger charge is 2.12. The van der Waals surface area contributed by atoms with E-state index < -0.39 is 6.04 Å². The number of amides is 1. The number of halogens is 1. The molecule has 0 saturated heterocycles. The van der Waals surface area contributed by atoms with Gasteiger partial charge in [-0.1, -0.05) is 19.4 Å². The van der Waals surface area contributed by atoms with Crippen molar-refractivity contribution < 1.29 is 4.79 Å². The smallest absolute Gasteiger partial charge is 0.241 e. The maximum atomic E-state index is 11.7. The second-order valence-corrected chi connectivity index (χ2v) is 4.50. The Morgan fingerprint density at radius 1 is 1.53 bits per heavy atom. The largest absolute Gasteiger partial charge is 0.325 e. The zero-order chi connectivity index (χ0) is 12.0. The van der Waals surface area contributed by atoms with Gasteiger partial charge in [-0.25, -0.2) is 0 Å². The molecule has 0 aromatic heterocycles. The van der Waals surface area contributed by atoms with Crippen LogP contribution in [0.3, 0.4) is 0 Å². The van der Waals surface area contributed by atoms with E-state index in [4.69, 9.17) is 5.73 Å². The van der Waals surface area contributed by atoms with E-state index in [0.29, 0.717) is 6.42 Å². The van der Waals surface area contributed by atoms with Crippen LogP contribution in [0.5, 0.6) is 0 Å². The molecule has 1 aromatic carbocycles. The summed E-state index contributed by atoms with van der Waals surface area (Å²) in [5.74, 6) is -0.111. The van der Waals surface area contributed by atoms with Gasteiger partial charge in [-0.3, -0.25) is 4.79 Å². The molecule has 0 heterocycles. The quantitative estimate of drug-likeness (QED) is 0.812. The first-order chi connectivity index (χ1) is 7.67. The summed E-state index contributed by atoms with van der Waals surface area (Å²) in [4.78, 5) is 12.8. The topological polar surface area (TPSA) is 55.1 Å². The van der Waals surface area contributed by atoms with Gasteiger partial charge in [-0.05, 0) is 30.9 Å². The summed E-state index contributed by atoms with van der Waals surface area (Å²) in [5, 5.41) is 2.82. The molecule has 1 unspecified atom stereocenters. The number of carbonyl (C=O) groups excluding carboxylic acids is 1. The Morgan fingerprint density at radius 2 is 2.24 bits per heavy atom. The van der Waals surface area contributed by atoms with Crippen LogP contribution in [-0.4, -0.2) is 18.2 Å². The molecule has 0 fully saturated rings. The van der Waals surface area contributed by atoms with E-state index in [1.165, 1.54) is 0 Å². The van der Waals surface area contributed by atoms with Crippen molar-refractivity contribution in [1.82, 2.24) is 0 Å². The lowest BCUT2D eigenvalue weighted by molar-refractivity contribution is -0.117. The third-order valence-corrected chi connectivity index (χ3v) is 3.00. The number of hydrogen-bond acceptors (Lipinski definition) is 3. The Labute approximate surface area is 113 Å². The van der Waals surface area contributed by atoms with Crippen LogP contribution in [0.2, 0.25) is 0 Å². The molecule has 0 saturated carbocycles. The number of anilines is 1. The number of carbonyl (C=O) groups is 1. The standard InChI is InChI=1S/C12H18N2OS.ClH/c1-3-5-11(13)12(15)14-9-6-4-7-10(8-9)16-2;/h4,6-8,11H,3,5,13H2,1-2H3,(H,14,15);1H. The Hall–Kier alpha value is -0.710. The van der Waals surface area contributed by atoms with Crippen LogP contribution in [0.4, 0.5) is 5.69 Å². The molecule has 1 rings (SSSR count). The molecule has 0 bridgehead atoms. The molecule has 0 aliphatic carbocycles. The summed E-state index contributed by atoms with van der Waals surface area (Å²) in [6.45, 7) is 2.02. The van der Waals surface area contributed by atoms with Gasteiger partial charge in [0.2, 0.25) is 5.91 Å². The van der Waals surface area contributed by atoms with Gasteiger partial charge in [0.15, 0.2) is 0 Å². The second-order valence-electron chi connectivity index (χ2n) is 3.62. The van der Waals surface area contributed by atoms with Gasteiger partial charge in [-0.15, -0.1) is 24.2 Å². The summed E-state index contributed by atoms with van der Waals surface area (Å²) in [7, 11) is 0. The van der Waals surface area contributed by atoms with E-state index in [9.17, 15) is 4.79 Å². The molecular formula is C12H19ClN2OS. The van der Waals surface area contributed by atoms with Gasteiger partial charge >= 0.3 is 0 Å². The average molecular weight is 275 g/mol. The minimum Gasteiger partial charge on any atom is -0.325 e. The van der Waals surface area contributed by atoms with Gasteiger partial charge in [0, 0.05) is 10.6 Å². The highest BCUT2D eigenvalue weighted by molar-refractivity contribution is 7.98. The van der Waals surface area contributed by atoms with Crippen LogP contribution >= 0.6 is 24.2 Å². The maximum Gasteiger partial charge on any atom is 0.241 e. The van der Waals surface area contributed by atoms with Crippen molar-refractivity contribution in [3.05, 3.63) is 24.3 Å². The van der Waals surface area contributed by atoms with E-state index in [-0.39, 0.29) is 18.3 Å². The van der Waals surface area contributed by atoms with Crippen molar-refractivity contribution in [3.8, 4) is 0 Å². The Morgan fingerprint density at radius 3 is 2.82 bits per heavy atom. The minimum atomic E-state index is -0.414. The third-order valence-electron chi connectivity index (χ3n) is 2.27. The first-order valence-electron chi connectivity index (χ1n) is 5.38. The Bertz CT molecular complexity index is 360. The van der Waals surface area contributed by atoms with E-state index in [0.717, 1.165) is 17.0 Å². The molecule has 0 radical (unpaired) electrons. The molecule has 5 heteroatoms. The summed E-state index contributed by atoms with van der Waals surface area (Å²) in [5.41, 5.74) is 6.54. The van der Waals surface area contributed by atoms with Crippen molar-refractivity contribution in [3.63, 3.8) is 0 Å². The number of nitrogens with one attached hydrogen (secondary N) is 1. The van der Waals surface area contributed by atoms with Crippen molar-refractivity contribution in [2.45, 2.75) is 30.7 Å². The molecule has 1 atom stereocenters. The molecule has 17 heavy (non-hydrogen) atoms. The van der Waals surface area contributed by atoms with Crippen molar-refractivity contribution >= 4 is 35.8 Å². The average Bonchev–Trinajstić information content (AvgIpc) is 2.29. The lowest BCUT2D eigenvalue weighted by Gasteiger charge is -2.11. The van der Waals surface area contributed by atoms with Crippen molar-refractivity contribution in [2.75, 3.05) is 11.6 Å². The minimum absolute atomic E-state index is 0. The van der Waals surface area contributed by atoms with Crippen LogP contribution in [0.1, 0.15) is 19.8 Å². The number of rotatable bonds is 5. The highest BCUT2D eigenvalue weighted by atomic mass is 35.5. The van der Waals surface area contributed by atoms with Gasteiger partial charge in [0.25, 0.3) is 0 Å². The highest BCUT2D eigenvalue weighted by Crippen LogP contribution is 2.19. The summed E-state index contributed by atoms with van der Waals surface area (Å²) >= 11 is 1.65. The SMILES string of the molecule is CCCC(N)C(=O)Nc1cccc(SC)c1.Cl. The molecule has 1 amide bonds. The van der Waals surface area contributed by atoms with Gasteiger partial charge < -0.3 is 11.1 Å². The number of thioether (sulfide) groups is 1. The van der Waals surface area contributed by atoms with Gasteiger partial charge in [0.05, 0.1) is 6.04 Å².